The SMILES string of the molecule is C#CCn1c(=NC(=O)c2cc(Cl)ccc2OC)sc2cc(S(C)(=O)=O)ccc21. The van der Waals surface area contributed by atoms with Crippen molar-refractivity contribution in [1.29, 1.82) is 0 Å². The van der Waals surface area contributed by atoms with E-state index in [1.54, 1.807) is 28.8 Å². The highest BCUT2D eigenvalue weighted by Gasteiger charge is 2.15. The number of carbonyl (C=O) groups is 1. The molecule has 0 unspecified atom stereocenters. The van der Waals surface area contributed by atoms with Gasteiger partial charge in [0.1, 0.15) is 5.75 Å². The summed E-state index contributed by atoms with van der Waals surface area (Å²) in [5.41, 5.74) is 0.913. The monoisotopic (exact) mass is 434 g/mol. The number of hydrogen-bond acceptors (Lipinski definition) is 5. The van der Waals surface area contributed by atoms with Crippen molar-refractivity contribution < 1.29 is 17.9 Å². The van der Waals surface area contributed by atoms with Crippen molar-refractivity contribution in [3.05, 3.63) is 51.8 Å². The standard InChI is InChI=1S/C19H15ClN2O4S2/c1-4-9-22-15-7-6-13(28(3,24)25)11-17(15)27-19(22)21-18(23)14-10-12(20)5-8-16(14)26-2/h1,5-8,10-11H,9H2,2-3H3. The lowest BCUT2D eigenvalue weighted by molar-refractivity contribution is 0.0995. The minimum Gasteiger partial charge on any atom is -0.496 e. The first-order chi connectivity index (χ1) is 13.2. The van der Waals surface area contributed by atoms with Gasteiger partial charge in [-0.05, 0) is 36.4 Å². The Morgan fingerprint density at radius 1 is 1.32 bits per heavy atom. The highest BCUT2D eigenvalue weighted by molar-refractivity contribution is 7.90. The fourth-order valence-electron chi connectivity index (χ4n) is 2.61. The van der Waals surface area contributed by atoms with E-state index in [-0.39, 0.29) is 17.0 Å². The van der Waals surface area contributed by atoms with Gasteiger partial charge >= 0.3 is 0 Å². The molecule has 1 amide bonds. The molecule has 0 saturated carbocycles. The molecule has 0 aliphatic heterocycles. The quantitative estimate of drug-likeness (QED) is 0.591. The normalized spacial score (nSPS) is 12.1. The average Bonchev–Trinajstić information content (AvgIpc) is 2.97. The summed E-state index contributed by atoms with van der Waals surface area (Å²) >= 11 is 7.17. The molecule has 28 heavy (non-hydrogen) atoms. The van der Waals surface area contributed by atoms with Gasteiger partial charge in [0.25, 0.3) is 5.91 Å². The van der Waals surface area contributed by atoms with Gasteiger partial charge in [-0.1, -0.05) is 28.9 Å². The molecule has 3 rings (SSSR count). The first-order valence-electron chi connectivity index (χ1n) is 7.94. The highest BCUT2D eigenvalue weighted by Crippen LogP contribution is 2.24. The van der Waals surface area contributed by atoms with Gasteiger partial charge in [-0.25, -0.2) is 8.42 Å². The number of fused-ring (bicyclic) bond motifs is 1. The topological polar surface area (TPSA) is 77.7 Å². The number of benzene rings is 2. The van der Waals surface area contributed by atoms with Crippen molar-refractivity contribution in [2.75, 3.05) is 13.4 Å². The van der Waals surface area contributed by atoms with Gasteiger partial charge < -0.3 is 9.30 Å². The Hall–Kier alpha value is -2.60. The molecule has 0 spiro atoms. The summed E-state index contributed by atoms with van der Waals surface area (Å²) in [6, 6.07) is 9.39. The van der Waals surface area contributed by atoms with Crippen molar-refractivity contribution in [2.45, 2.75) is 11.4 Å². The number of sulfone groups is 1. The maximum absolute atomic E-state index is 12.7. The van der Waals surface area contributed by atoms with E-state index in [1.807, 2.05) is 0 Å². The van der Waals surface area contributed by atoms with E-state index in [9.17, 15) is 13.2 Å². The Morgan fingerprint density at radius 3 is 2.71 bits per heavy atom. The van der Waals surface area contributed by atoms with Crippen LogP contribution in [0.4, 0.5) is 0 Å². The predicted molar refractivity (Wildman–Crippen MR) is 110 cm³/mol. The summed E-state index contributed by atoms with van der Waals surface area (Å²) < 4.78 is 31.2. The number of terminal acetylenes is 1. The van der Waals surface area contributed by atoms with Crippen molar-refractivity contribution in [3.8, 4) is 18.1 Å². The first-order valence-corrected chi connectivity index (χ1v) is 11.0. The van der Waals surface area contributed by atoms with E-state index in [0.717, 1.165) is 6.26 Å². The maximum Gasteiger partial charge on any atom is 0.283 e. The number of nitrogens with zero attached hydrogens (tertiary/aromatic N) is 2. The summed E-state index contributed by atoms with van der Waals surface area (Å²) in [6.45, 7) is 0.178. The van der Waals surface area contributed by atoms with Crippen LogP contribution in [0.25, 0.3) is 10.2 Å². The molecule has 3 aromatic rings. The minimum absolute atomic E-state index is 0.178. The molecule has 0 radical (unpaired) electrons. The molecule has 9 heteroatoms. The number of amides is 1. The maximum atomic E-state index is 12.7. The van der Waals surface area contributed by atoms with Gasteiger partial charge in [-0.15, -0.1) is 6.42 Å². The molecular formula is C19H15ClN2O4S2. The lowest BCUT2D eigenvalue weighted by atomic mass is 10.2. The smallest absolute Gasteiger partial charge is 0.283 e. The van der Waals surface area contributed by atoms with Crippen LogP contribution in [0.15, 0.2) is 46.3 Å². The predicted octanol–water partition coefficient (Wildman–Crippen LogP) is 3.14. The number of aromatic nitrogens is 1. The van der Waals surface area contributed by atoms with Crippen LogP contribution in [0.5, 0.6) is 5.75 Å². The second-order valence-corrected chi connectivity index (χ2v) is 9.30. The van der Waals surface area contributed by atoms with Crippen LogP contribution in [0, 0.1) is 12.3 Å². The second kappa shape index (κ2) is 7.80. The molecule has 1 aromatic heterocycles. The van der Waals surface area contributed by atoms with Crippen LogP contribution in [0.3, 0.4) is 0 Å². The summed E-state index contributed by atoms with van der Waals surface area (Å²) in [6.07, 6.45) is 6.60. The third kappa shape index (κ3) is 3.97. The van der Waals surface area contributed by atoms with E-state index < -0.39 is 15.7 Å². The van der Waals surface area contributed by atoms with Crippen LogP contribution in [-0.4, -0.2) is 32.3 Å². The number of carbonyl (C=O) groups excluding carboxylic acids is 1. The lowest BCUT2D eigenvalue weighted by Crippen LogP contribution is -2.16. The zero-order valence-corrected chi connectivity index (χ0v) is 17.4. The Morgan fingerprint density at radius 2 is 2.07 bits per heavy atom. The summed E-state index contributed by atoms with van der Waals surface area (Å²) in [7, 11) is -1.91. The van der Waals surface area contributed by atoms with E-state index in [2.05, 4.69) is 10.9 Å². The molecular weight excluding hydrogens is 420 g/mol. The summed E-state index contributed by atoms with van der Waals surface area (Å²) in [5.74, 6) is 2.33. The third-order valence-electron chi connectivity index (χ3n) is 3.92. The lowest BCUT2D eigenvalue weighted by Gasteiger charge is -2.05. The molecule has 0 N–H and O–H groups in total. The number of thiazole rings is 1. The molecule has 1 heterocycles. The molecule has 2 aromatic carbocycles. The fourth-order valence-corrected chi connectivity index (χ4v) is 4.57. The van der Waals surface area contributed by atoms with Crippen LogP contribution < -0.4 is 9.54 Å². The third-order valence-corrected chi connectivity index (χ3v) is 6.31. The molecule has 0 fully saturated rings. The summed E-state index contributed by atoms with van der Waals surface area (Å²) in [4.78, 5) is 17.5. The molecule has 144 valence electrons. The van der Waals surface area contributed by atoms with Crippen LogP contribution in [0.1, 0.15) is 10.4 Å². The van der Waals surface area contributed by atoms with Gasteiger partial charge in [-0.2, -0.15) is 4.99 Å². The van der Waals surface area contributed by atoms with E-state index in [1.165, 1.54) is 30.6 Å². The Labute approximate surface area is 171 Å². The Bertz CT molecular complexity index is 1300. The number of ether oxygens (including phenoxy) is 1. The van der Waals surface area contributed by atoms with Crippen LogP contribution >= 0.6 is 22.9 Å². The number of rotatable bonds is 4. The molecule has 0 atom stereocenters. The molecule has 0 saturated heterocycles. The van der Waals surface area contributed by atoms with Crippen LogP contribution in [0.2, 0.25) is 5.02 Å². The molecule has 0 aliphatic carbocycles. The Kier molecular flexibility index (Phi) is 5.61. The second-order valence-electron chi connectivity index (χ2n) is 5.84. The van der Waals surface area contributed by atoms with E-state index >= 15 is 0 Å². The Balaban J connectivity index is 2.21. The van der Waals surface area contributed by atoms with E-state index in [0.29, 0.717) is 25.8 Å². The van der Waals surface area contributed by atoms with Crippen LogP contribution in [-0.2, 0) is 16.4 Å². The molecule has 0 aliphatic rings. The van der Waals surface area contributed by atoms with Gasteiger partial charge in [0, 0.05) is 11.3 Å². The van der Waals surface area contributed by atoms with E-state index in [4.69, 9.17) is 22.8 Å². The van der Waals surface area contributed by atoms with Crippen molar-refractivity contribution in [1.82, 2.24) is 4.57 Å². The van der Waals surface area contributed by atoms with Crippen molar-refractivity contribution in [2.24, 2.45) is 4.99 Å². The number of hydrogen-bond donors (Lipinski definition) is 0. The van der Waals surface area contributed by atoms with Crippen molar-refractivity contribution in [3.63, 3.8) is 0 Å². The van der Waals surface area contributed by atoms with Crippen molar-refractivity contribution >= 4 is 48.9 Å². The zero-order chi connectivity index (χ0) is 20.5. The van der Waals surface area contributed by atoms with Gasteiger partial charge in [-0.3, -0.25) is 4.79 Å². The zero-order valence-electron chi connectivity index (χ0n) is 15.0. The molecule has 6 nitrogen and oxygen atoms in total. The largest absolute Gasteiger partial charge is 0.496 e. The molecule has 0 bridgehead atoms. The number of methoxy groups -OCH3 is 1. The minimum atomic E-state index is -3.36. The van der Waals surface area contributed by atoms with Gasteiger partial charge in [0.15, 0.2) is 14.6 Å². The average molecular weight is 435 g/mol. The van der Waals surface area contributed by atoms with Gasteiger partial charge in [0.2, 0.25) is 0 Å². The first kappa shape index (κ1) is 20.1. The fraction of sp³-hybridized carbons (Fsp3) is 0.158. The summed E-state index contributed by atoms with van der Waals surface area (Å²) in [5, 5.41) is 0.380. The number of halogens is 1. The van der Waals surface area contributed by atoms with Gasteiger partial charge in [0.05, 0.1) is 34.3 Å². The highest BCUT2D eigenvalue weighted by atomic mass is 35.5.